The van der Waals surface area contributed by atoms with Gasteiger partial charge in [0.05, 0.1) is 12.0 Å². The Kier molecular flexibility index (Phi) is 8.09. The minimum absolute atomic E-state index is 0.486. The number of nitrogens with zero attached hydrogens (tertiary/aromatic N) is 2. The molecule has 0 N–H and O–H groups in total. The van der Waals surface area contributed by atoms with Gasteiger partial charge in [0.25, 0.3) is 0 Å². The van der Waals surface area contributed by atoms with E-state index in [-0.39, 0.29) is 0 Å². The van der Waals surface area contributed by atoms with Gasteiger partial charge in [-0.05, 0) is 66.5 Å². The molecule has 0 aliphatic heterocycles. The average molecular weight is 515 g/mol. The smallest absolute Gasteiger partial charge is 0.121 e. The zero-order chi connectivity index (χ0) is 26.3. The molecule has 39 heavy (non-hydrogen) atoms. The molecule has 2 aliphatic rings. The number of allylic oxidation sites excluding steroid dienone is 2. The average Bonchev–Trinajstić information content (AvgIpc) is 3.76. The maximum Gasteiger partial charge on any atom is 0.121 e. The molecule has 4 aromatic rings. The molecule has 1 unspecified atom stereocenters. The summed E-state index contributed by atoms with van der Waals surface area (Å²) in [7, 11) is 0. The van der Waals surface area contributed by atoms with Crippen LogP contribution < -0.4 is 0 Å². The molecule has 0 amide bonds. The van der Waals surface area contributed by atoms with Crippen molar-refractivity contribution in [3.8, 4) is 0 Å². The van der Waals surface area contributed by atoms with Crippen molar-refractivity contribution >= 4 is 0 Å². The molecule has 1 atom stereocenters. The van der Waals surface area contributed by atoms with Gasteiger partial charge < -0.3 is 4.57 Å². The van der Waals surface area contributed by atoms with Crippen molar-refractivity contribution in [2.75, 3.05) is 0 Å². The van der Waals surface area contributed by atoms with Gasteiger partial charge in [0, 0.05) is 6.20 Å². The molecule has 1 heterocycles. The zero-order valence-corrected chi connectivity index (χ0v) is 23.2. The Hall–Kier alpha value is -3.39. The largest absolute Gasteiger partial charge is 0.319 e. The van der Waals surface area contributed by atoms with Crippen LogP contribution in [0.4, 0.5) is 0 Å². The van der Waals surface area contributed by atoms with Gasteiger partial charge in [-0.3, -0.25) is 0 Å². The summed E-state index contributed by atoms with van der Waals surface area (Å²) < 4.78 is 2.36. The Morgan fingerprint density at radius 1 is 0.744 bits per heavy atom. The molecule has 0 saturated heterocycles. The summed E-state index contributed by atoms with van der Waals surface area (Å²) in [6, 6.07) is 32.7. The molecule has 0 spiro atoms. The normalized spacial score (nSPS) is 17.4. The number of hydrogen-bond donors (Lipinski definition) is 0. The first-order valence-corrected chi connectivity index (χ1v) is 15.2. The van der Waals surface area contributed by atoms with Gasteiger partial charge in [0.2, 0.25) is 0 Å². The van der Waals surface area contributed by atoms with Crippen molar-refractivity contribution in [1.82, 2.24) is 9.55 Å². The van der Waals surface area contributed by atoms with Crippen LogP contribution in [-0.4, -0.2) is 9.55 Å². The summed E-state index contributed by atoms with van der Waals surface area (Å²) in [5.41, 5.74) is 4.43. The van der Waals surface area contributed by atoms with Gasteiger partial charge in [0.1, 0.15) is 5.54 Å². The van der Waals surface area contributed by atoms with Crippen LogP contribution in [0.2, 0.25) is 0 Å². The highest BCUT2D eigenvalue weighted by atomic mass is 15.1. The number of imidazole rings is 1. The third-order valence-electron chi connectivity index (χ3n) is 9.12. The van der Waals surface area contributed by atoms with Crippen LogP contribution in [-0.2, 0) is 12.0 Å². The molecule has 200 valence electrons. The van der Waals surface area contributed by atoms with Gasteiger partial charge in [-0.2, -0.15) is 0 Å². The Labute approximate surface area is 234 Å². The fourth-order valence-electron chi connectivity index (χ4n) is 6.87. The summed E-state index contributed by atoms with van der Waals surface area (Å²) >= 11 is 0. The van der Waals surface area contributed by atoms with Crippen LogP contribution in [0.5, 0.6) is 0 Å². The molecule has 2 aliphatic carbocycles. The third-order valence-corrected chi connectivity index (χ3v) is 9.12. The van der Waals surface area contributed by atoms with Crippen molar-refractivity contribution in [2.45, 2.75) is 69.7 Å². The molecule has 2 fully saturated rings. The summed E-state index contributed by atoms with van der Waals surface area (Å²) in [4.78, 5) is 5.04. The van der Waals surface area contributed by atoms with Crippen LogP contribution in [0.25, 0.3) is 0 Å². The van der Waals surface area contributed by atoms with E-state index in [0.29, 0.717) is 5.92 Å². The van der Waals surface area contributed by atoms with Crippen LogP contribution >= 0.6 is 0 Å². The van der Waals surface area contributed by atoms with Crippen molar-refractivity contribution in [1.29, 1.82) is 0 Å². The van der Waals surface area contributed by atoms with Gasteiger partial charge in [-0.15, -0.1) is 0 Å². The third kappa shape index (κ3) is 5.81. The number of aromatic nitrogens is 2. The fourth-order valence-corrected chi connectivity index (χ4v) is 6.87. The lowest BCUT2D eigenvalue weighted by atomic mass is 9.77. The maximum atomic E-state index is 5.04. The predicted octanol–water partition coefficient (Wildman–Crippen LogP) is 9.21. The highest BCUT2D eigenvalue weighted by Gasteiger charge is 2.38. The topological polar surface area (TPSA) is 17.8 Å². The molecule has 2 saturated carbocycles. The maximum absolute atomic E-state index is 5.04. The molecular formula is C37H42N2. The number of hydrogen-bond acceptors (Lipinski definition) is 1. The second-order valence-corrected chi connectivity index (χ2v) is 11.8. The van der Waals surface area contributed by atoms with E-state index >= 15 is 0 Å². The molecule has 0 radical (unpaired) electrons. The highest BCUT2D eigenvalue weighted by Crippen LogP contribution is 2.42. The molecule has 1 aromatic heterocycles. The van der Waals surface area contributed by atoms with E-state index in [9.17, 15) is 0 Å². The quantitative estimate of drug-likeness (QED) is 0.144. The summed E-state index contributed by atoms with van der Waals surface area (Å²) in [5.74, 6) is 2.38. The number of rotatable bonds is 11. The summed E-state index contributed by atoms with van der Waals surface area (Å²) in [6.45, 7) is 0. The minimum atomic E-state index is -0.486. The summed E-state index contributed by atoms with van der Waals surface area (Å²) in [5, 5.41) is 0. The monoisotopic (exact) mass is 514 g/mol. The Balaban J connectivity index is 1.30. The predicted molar refractivity (Wildman–Crippen MR) is 162 cm³/mol. The second kappa shape index (κ2) is 12.2. The van der Waals surface area contributed by atoms with E-state index in [1.54, 1.807) is 0 Å². The van der Waals surface area contributed by atoms with E-state index in [1.165, 1.54) is 80.2 Å². The lowest BCUT2D eigenvalue weighted by molar-refractivity contribution is 0.341. The van der Waals surface area contributed by atoms with Gasteiger partial charge in [-0.25, -0.2) is 4.98 Å². The van der Waals surface area contributed by atoms with Crippen molar-refractivity contribution < 1.29 is 0 Å². The standard InChI is InChI=1S/C37H42N2/c1-5-15-30(16-6-1)17-13-14-18-32(31-25-26-31)27-36-28-39(29-38-36)37(33-19-7-2-8-20-33,34-21-9-3-10-22-34)35-23-11-4-12-24-35/h2-4,7-12,14,18-24,28-32H,1,5-6,13,15-17,25-27H2. The van der Waals surface area contributed by atoms with Gasteiger partial charge in [0.15, 0.2) is 0 Å². The van der Waals surface area contributed by atoms with E-state index in [0.717, 1.165) is 18.3 Å². The van der Waals surface area contributed by atoms with Crippen molar-refractivity contribution in [2.24, 2.45) is 17.8 Å². The first-order chi connectivity index (χ1) is 19.3. The van der Waals surface area contributed by atoms with E-state index < -0.39 is 5.54 Å². The van der Waals surface area contributed by atoms with Gasteiger partial charge in [-0.1, -0.05) is 135 Å². The minimum Gasteiger partial charge on any atom is -0.319 e. The molecule has 2 nitrogen and oxygen atoms in total. The van der Waals surface area contributed by atoms with Crippen molar-refractivity contribution in [3.05, 3.63) is 138 Å². The van der Waals surface area contributed by atoms with E-state index in [2.05, 4.69) is 120 Å². The van der Waals surface area contributed by atoms with Crippen LogP contribution in [0.1, 0.15) is 80.2 Å². The highest BCUT2D eigenvalue weighted by molar-refractivity contribution is 5.50. The van der Waals surface area contributed by atoms with E-state index in [1.807, 2.05) is 0 Å². The van der Waals surface area contributed by atoms with E-state index in [4.69, 9.17) is 4.98 Å². The first-order valence-electron chi connectivity index (χ1n) is 15.2. The molecular weight excluding hydrogens is 472 g/mol. The first kappa shape index (κ1) is 25.9. The van der Waals surface area contributed by atoms with Gasteiger partial charge >= 0.3 is 0 Å². The molecule has 3 aromatic carbocycles. The fraction of sp³-hybridized carbons (Fsp3) is 0.378. The Morgan fingerprint density at radius 2 is 1.31 bits per heavy atom. The Bertz CT molecular complexity index is 1210. The molecule has 2 heteroatoms. The Morgan fingerprint density at radius 3 is 1.85 bits per heavy atom. The lowest BCUT2D eigenvalue weighted by Gasteiger charge is -2.37. The molecule has 6 rings (SSSR count). The second-order valence-electron chi connectivity index (χ2n) is 11.8. The zero-order valence-electron chi connectivity index (χ0n) is 23.2. The van der Waals surface area contributed by atoms with Crippen molar-refractivity contribution in [3.63, 3.8) is 0 Å². The molecule has 0 bridgehead atoms. The van der Waals surface area contributed by atoms with Crippen LogP contribution in [0, 0.1) is 17.8 Å². The lowest BCUT2D eigenvalue weighted by Crippen LogP contribution is -2.36. The number of benzene rings is 3. The summed E-state index contributed by atoms with van der Waals surface area (Å²) in [6.07, 6.45) is 23.0. The SMILES string of the molecule is C(=CC(Cc1cn(C(c2ccccc2)(c2ccccc2)c2ccccc2)cn1)C1CC1)CCC1CCCCC1. The van der Waals surface area contributed by atoms with Crippen LogP contribution in [0.15, 0.2) is 116 Å². The van der Waals surface area contributed by atoms with Crippen LogP contribution in [0.3, 0.4) is 0 Å².